The number of nitrogens with one attached hydrogen (secondary N) is 1. The monoisotopic (exact) mass is 286 g/mol. The van der Waals surface area contributed by atoms with E-state index in [1.165, 1.54) is 22.2 Å². The largest absolute Gasteiger partial charge is 0.384 e. The number of nitrogens with zero attached hydrogens (tertiary/aromatic N) is 1. The van der Waals surface area contributed by atoms with Gasteiger partial charge in [-0.2, -0.15) is 0 Å². The first-order valence-electron chi connectivity index (χ1n) is 7.86. The van der Waals surface area contributed by atoms with Crippen LogP contribution in [0.25, 0.3) is 10.9 Å². The zero-order valence-corrected chi connectivity index (χ0v) is 13.6. The molecule has 3 heteroatoms. The molecule has 0 amide bonds. The minimum Gasteiger partial charge on any atom is -0.384 e. The Bertz CT molecular complexity index is 608. The highest BCUT2D eigenvalue weighted by molar-refractivity contribution is 5.95. The lowest BCUT2D eigenvalue weighted by Crippen LogP contribution is -2.07. The van der Waals surface area contributed by atoms with Crippen LogP contribution in [0, 0.1) is 6.92 Å². The third kappa shape index (κ3) is 3.35. The molecule has 0 spiro atoms. The van der Waals surface area contributed by atoms with Crippen molar-refractivity contribution >= 4 is 16.6 Å². The van der Waals surface area contributed by atoms with Gasteiger partial charge in [0, 0.05) is 30.4 Å². The number of benzene rings is 1. The second-order valence-electron chi connectivity index (χ2n) is 5.39. The van der Waals surface area contributed by atoms with E-state index in [1.54, 1.807) is 7.11 Å². The fraction of sp³-hybridized carbons (Fsp3) is 0.500. The highest BCUT2D eigenvalue weighted by atomic mass is 16.5. The number of para-hydroxylation sites is 1. The van der Waals surface area contributed by atoms with Gasteiger partial charge in [-0.25, -0.2) is 0 Å². The maximum atomic E-state index is 5.22. The quantitative estimate of drug-likeness (QED) is 0.831. The standard InChI is InChI=1S/C18H26N2O/c1-5-11-19-18-15(6-2)13(3)20-17-14(10-12-21-4)8-7-9-16(17)18/h7-9H,5-6,10-12H2,1-4H3,(H,19,20). The maximum Gasteiger partial charge on any atom is 0.0758 e. The number of hydrogen-bond donors (Lipinski definition) is 1. The average molecular weight is 286 g/mol. The molecule has 0 fully saturated rings. The molecule has 0 aliphatic carbocycles. The van der Waals surface area contributed by atoms with E-state index in [0.29, 0.717) is 0 Å². The van der Waals surface area contributed by atoms with E-state index in [2.05, 4.69) is 44.3 Å². The van der Waals surface area contributed by atoms with E-state index in [-0.39, 0.29) is 0 Å². The summed E-state index contributed by atoms with van der Waals surface area (Å²) in [7, 11) is 1.74. The molecule has 2 rings (SSSR count). The van der Waals surface area contributed by atoms with Gasteiger partial charge >= 0.3 is 0 Å². The highest BCUT2D eigenvalue weighted by Crippen LogP contribution is 2.31. The summed E-state index contributed by atoms with van der Waals surface area (Å²) in [4.78, 5) is 4.87. The SMILES string of the molecule is CCCNc1c(CC)c(C)nc2c(CCOC)cccc12. The minimum atomic E-state index is 0.729. The van der Waals surface area contributed by atoms with Gasteiger partial charge in [0.25, 0.3) is 0 Å². The van der Waals surface area contributed by atoms with Crippen LogP contribution in [-0.2, 0) is 17.6 Å². The summed E-state index contributed by atoms with van der Waals surface area (Å²) >= 11 is 0. The Hall–Kier alpha value is -1.61. The lowest BCUT2D eigenvalue weighted by atomic mass is 10.00. The van der Waals surface area contributed by atoms with E-state index in [4.69, 9.17) is 9.72 Å². The van der Waals surface area contributed by atoms with Crippen molar-refractivity contribution in [2.24, 2.45) is 0 Å². The molecule has 0 unspecified atom stereocenters. The Morgan fingerprint density at radius 2 is 2.05 bits per heavy atom. The van der Waals surface area contributed by atoms with E-state index in [0.717, 1.165) is 43.6 Å². The number of pyridine rings is 1. The van der Waals surface area contributed by atoms with E-state index in [1.807, 2.05) is 0 Å². The van der Waals surface area contributed by atoms with Gasteiger partial charge in [-0.1, -0.05) is 32.0 Å². The molecule has 0 aliphatic heterocycles. The number of fused-ring (bicyclic) bond motifs is 1. The van der Waals surface area contributed by atoms with Crippen molar-refractivity contribution in [2.75, 3.05) is 25.6 Å². The minimum absolute atomic E-state index is 0.729. The number of hydrogen-bond acceptors (Lipinski definition) is 3. The van der Waals surface area contributed by atoms with Crippen molar-refractivity contribution in [3.8, 4) is 0 Å². The first-order valence-corrected chi connectivity index (χ1v) is 7.86. The molecule has 2 aromatic rings. The van der Waals surface area contributed by atoms with Gasteiger partial charge in [-0.15, -0.1) is 0 Å². The van der Waals surface area contributed by atoms with Crippen molar-refractivity contribution in [1.82, 2.24) is 4.98 Å². The van der Waals surface area contributed by atoms with Crippen LogP contribution in [0.1, 0.15) is 37.1 Å². The van der Waals surface area contributed by atoms with Crippen molar-refractivity contribution in [2.45, 2.75) is 40.0 Å². The molecular weight excluding hydrogens is 260 g/mol. The molecule has 114 valence electrons. The van der Waals surface area contributed by atoms with Crippen LogP contribution in [0.3, 0.4) is 0 Å². The smallest absolute Gasteiger partial charge is 0.0758 e. The van der Waals surface area contributed by atoms with Crippen LogP contribution in [0.2, 0.25) is 0 Å². The summed E-state index contributed by atoms with van der Waals surface area (Å²) in [5, 5.41) is 4.85. The average Bonchev–Trinajstić information content (AvgIpc) is 2.50. The number of anilines is 1. The van der Waals surface area contributed by atoms with Crippen LogP contribution in [0.15, 0.2) is 18.2 Å². The summed E-state index contributed by atoms with van der Waals surface area (Å²) in [5.41, 5.74) is 6.11. The van der Waals surface area contributed by atoms with Crippen LogP contribution < -0.4 is 5.32 Å². The number of ether oxygens (including phenoxy) is 1. The predicted octanol–water partition coefficient (Wildman–Crippen LogP) is 4.12. The van der Waals surface area contributed by atoms with Crippen LogP contribution in [0.5, 0.6) is 0 Å². The Kier molecular flexibility index (Phi) is 5.57. The van der Waals surface area contributed by atoms with Crippen LogP contribution in [-0.4, -0.2) is 25.2 Å². The van der Waals surface area contributed by atoms with Gasteiger partial charge in [0.15, 0.2) is 0 Å². The highest BCUT2D eigenvalue weighted by Gasteiger charge is 2.13. The molecule has 0 bridgehead atoms. The molecule has 1 N–H and O–H groups in total. The summed E-state index contributed by atoms with van der Waals surface area (Å²) in [6, 6.07) is 6.46. The van der Waals surface area contributed by atoms with Crippen molar-refractivity contribution < 1.29 is 4.74 Å². The third-order valence-electron chi connectivity index (χ3n) is 3.89. The Labute approximate surface area is 127 Å². The van der Waals surface area contributed by atoms with Crippen molar-refractivity contribution in [3.05, 3.63) is 35.0 Å². The summed E-state index contributed by atoms with van der Waals surface area (Å²) < 4.78 is 5.22. The molecule has 1 aromatic heterocycles. The van der Waals surface area contributed by atoms with Crippen LogP contribution in [0.4, 0.5) is 5.69 Å². The number of aromatic nitrogens is 1. The molecule has 0 aliphatic rings. The number of rotatable bonds is 7. The summed E-state index contributed by atoms with van der Waals surface area (Å²) in [6.45, 7) is 8.23. The van der Waals surface area contributed by atoms with Gasteiger partial charge in [-0.05, 0) is 37.3 Å². The Morgan fingerprint density at radius 3 is 2.71 bits per heavy atom. The predicted molar refractivity (Wildman–Crippen MR) is 90.2 cm³/mol. The third-order valence-corrected chi connectivity index (χ3v) is 3.89. The molecule has 0 atom stereocenters. The topological polar surface area (TPSA) is 34.2 Å². The molecule has 21 heavy (non-hydrogen) atoms. The first-order chi connectivity index (χ1) is 10.2. The van der Waals surface area contributed by atoms with Crippen LogP contribution >= 0.6 is 0 Å². The van der Waals surface area contributed by atoms with Gasteiger partial charge in [0.05, 0.1) is 12.1 Å². The second-order valence-corrected chi connectivity index (χ2v) is 5.39. The van der Waals surface area contributed by atoms with E-state index >= 15 is 0 Å². The van der Waals surface area contributed by atoms with Gasteiger partial charge in [0.2, 0.25) is 0 Å². The molecule has 1 heterocycles. The number of aryl methyl sites for hydroxylation is 1. The molecule has 0 radical (unpaired) electrons. The molecule has 0 saturated carbocycles. The molecule has 3 nitrogen and oxygen atoms in total. The van der Waals surface area contributed by atoms with Crippen molar-refractivity contribution in [1.29, 1.82) is 0 Å². The second kappa shape index (κ2) is 7.41. The fourth-order valence-corrected chi connectivity index (χ4v) is 2.80. The lowest BCUT2D eigenvalue weighted by Gasteiger charge is -2.17. The Morgan fingerprint density at radius 1 is 1.24 bits per heavy atom. The molecule has 1 aromatic carbocycles. The first kappa shape index (κ1) is 15.8. The zero-order chi connectivity index (χ0) is 15.2. The molecular formula is C18H26N2O. The Balaban J connectivity index is 2.60. The van der Waals surface area contributed by atoms with E-state index < -0.39 is 0 Å². The fourth-order valence-electron chi connectivity index (χ4n) is 2.80. The summed E-state index contributed by atoms with van der Waals surface area (Å²) in [5.74, 6) is 0. The number of methoxy groups -OCH3 is 1. The van der Waals surface area contributed by atoms with Gasteiger partial charge < -0.3 is 10.1 Å². The normalized spacial score (nSPS) is 11.0. The zero-order valence-electron chi connectivity index (χ0n) is 13.6. The maximum absolute atomic E-state index is 5.22. The van der Waals surface area contributed by atoms with E-state index in [9.17, 15) is 0 Å². The van der Waals surface area contributed by atoms with Gasteiger partial charge in [-0.3, -0.25) is 4.98 Å². The van der Waals surface area contributed by atoms with Crippen molar-refractivity contribution in [3.63, 3.8) is 0 Å². The molecule has 0 saturated heterocycles. The summed E-state index contributed by atoms with van der Waals surface area (Å²) in [6.07, 6.45) is 3.03. The lowest BCUT2D eigenvalue weighted by molar-refractivity contribution is 0.202. The van der Waals surface area contributed by atoms with Gasteiger partial charge in [0.1, 0.15) is 0 Å².